The van der Waals surface area contributed by atoms with Crippen LogP contribution in [-0.2, 0) is 22.5 Å². The van der Waals surface area contributed by atoms with Crippen LogP contribution in [0.1, 0.15) is 25.2 Å². The second-order valence-corrected chi connectivity index (χ2v) is 5.85. The number of likely N-dealkylation sites (N-methyl/N-ethyl adjacent to an activating group) is 1. The molecule has 2 rings (SSSR count). The van der Waals surface area contributed by atoms with E-state index >= 15 is 0 Å². The van der Waals surface area contributed by atoms with Crippen LogP contribution in [0.5, 0.6) is 0 Å². The van der Waals surface area contributed by atoms with Crippen LogP contribution in [0.2, 0.25) is 0 Å². The van der Waals surface area contributed by atoms with E-state index in [4.69, 9.17) is 4.74 Å². The molecule has 116 valence electrons. The minimum atomic E-state index is -0.772. The lowest BCUT2D eigenvalue weighted by Gasteiger charge is -2.40. The number of rotatable bonds is 4. The monoisotopic (exact) mass is 292 g/mol. The van der Waals surface area contributed by atoms with E-state index in [1.54, 1.807) is 19.0 Å². The van der Waals surface area contributed by atoms with Crippen molar-refractivity contribution in [1.29, 1.82) is 0 Å². The Bertz CT molecular complexity index is 489. The van der Waals surface area contributed by atoms with Gasteiger partial charge in [0.15, 0.2) is 5.60 Å². The fourth-order valence-corrected chi connectivity index (χ4v) is 2.59. The maximum absolute atomic E-state index is 12.3. The highest BCUT2D eigenvalue weighted by Gasteiger charge is 2.40. The summed E-state index contributed by atoms with van der Waals surface area (Å²) in [6, 6.07) is 0. The molecule has 0 radical (unpaired) electrons. The van der Waals surface area contributed by atoms with Crippen LogP contribution < -0.4 is 0 Å². The van der Waals surface area contributed by atoms with E-state index in [0.717, 1.165) is 30.9 Å². The third-order valence-electron chi connectivity index (χ3n) is 3.69. The van der Waals surface area contributed by atoms with Crippen molar-refractivity contribution in [3.63, 3.8) is 0 Å². The summed E-state index contributed by atoms with van der Waals surface area (Å²) in [6.45, 7) is 6.59. The Balaban J connectivity index is 2.02. The van der Waals surface area contributed by atoms with Crippen molar-refractivity contribution in [2.45, 2.75) is 32.4 Å². The summed E-state index contributed by atoms with van der Waals surface area (Å²) < 4.78 is 5.73. The van der Waals surface area contributed by atoms with Gasteiger partial charge in [-0.2, -0.15) is 0 Å². The average Bonchev–Trinajstić information content (AvgIpc) is 2.47. The first-order chi connectivity index (χ1) is 9.94. The average molecular weight is 292 g/mol. The molecule has 0 spiro atoms. The smallest absolute Gasteiger partial charge is 0.255 e. The van der Waals surface area contributed by atoms with Crippen LogP contribution in [0.4, 0.5) is 0 Å². The lowest BCUT2D eigenvalue weighted by atomic mass is 10.0. The largest absolute Gasteiger partial charge is 0.363 e. The normalized spacial score (nSPS) is 23.0. The molecular formula is C15H24N4O2. The molecule has 0 aromatic carbocycles. The molecule has 0 N–H and O–H groups in total. The summed E-state index contributed by atoms with van der Waals surface area (Å²) in [5, 5.41) is 0. The summed E-state index contributed by atoms with van der Waals surface area (Å²) in [7, 11) is 3.51. The quantitative estimate of drug-likeness (QED) is 0.818. The van der Waals surface area contributed by atoms with E-state index in [1.807, 2.05) is 26.2 Å². The highest BCUT2D eigenvalue weighted by Crippen LogP contribution is 2.21. The number of carbonyl (C=O) groups excluding carboxylic acids is 1. The van der Waals surface area contributed by atoms with E-state index in [2.05, 4.69) is 14.9 Å². The van der Waals surface area contributed by atoms with Crippen molar-refractivity contribution in [2.75, 3.05) is 33.8 Å². The molecule has 6 heteroatoms. The summed E-state index contributed by atoms with van der Waals surface area (Å²) in [5.41, 5.74) is 0.292. The molecule has 6 nitrogen and oxygen atoms in total. The first-order valence-corrected chi connectivity index (χ1v) is 7.32. The number of aromatic nitrogens is 2. The molecule has 1 unspecified atom stereocenters. The zero-order valence-corrected chi connectivity index (χ0v) is 13.3. The number of hydrogen-bond donors (Lipinski definition) is 0. The Morgan fingerprint density at radius 2 is 2.10 bits per heavy atom. The first kappa shape index (κ1) is 15.9. The van der Waals surface area contributed by atoms with Crippen molar-refractivity contribution < 1.29 is 9.53 Å². The van der Waals surface area contributed by atoms with Crippen LogP contribution in [0.25, 0.3) is 0 Å². The number of ether oxygens (including phenoxy) is 1. The van der Waals surface area contributed by atoms with Crippen LogP contribution >= 0.6 is 0 Å². The number of amides is 1. The van der Waals surface area contributed by atoms with Gasteiger partial charge in [-0.05, 0) is 6.92 Å². The summed E-state index contributed by atoms with van der Waals surface area (Å²) in [4.78, 5) is 24.7. The molecule has 1 atom stereocenters. The first-order valence-electron chi connectivity index (χ1n) is 7.32. The molecule has 0 bridgehead atoms. The van der Waals surface area contributed by atoms with Crippen molar-refractivity contribution in [3.05, 3.63) is 23.8 Å². The van der Waals surface area contributed by atoms with Crippen molar-refractivity contribution in [2.24, 2.45) is 0 Å². The van der Waals surface area contributed by atoms with E-state index in [1.165, 1.54) is 0 Å². The zero-order chi connectivity index (χ0) is 15.5. The van der Waals surface area contributed by atoms with Gasteiger partial charge in [-0.25, -0.2) is 9.97 Å². The molecule has 1 fully saturated rings. The van der Waals surface area contributed by atoms with Gasteiger partial charge in [0.1, 0.15) is 5.82 Å². The summed E-state index contributed by atoms with van der Waals surface area (Å²) >= 11 is 0. The molecule has 1 aromatic heterocycles. The molecule has 0 saturated carbocycles. The number of aryl methyl sites for hydroxylation is 1. The van der Waals surface area contributed by atoms with Gasteiger partial charge >= 0.3 is 0 Å². The predicted octanol–water partition coefficient (Wildman–Crippen LogP) is 0.718. The molecule has 21 heavy (non-hydrogen) atoms. The maximum atomic E-state index is 12.3. The Hall–Kier alpha value is -1.53. The van der Waals surface area contributed by atoms with Gasteiger partial charge in [0.05, 0.1) is 6.61 Å². The zero-order valence-electron chi connectivity index (χ0n) is 13.3. The van der Waals surface area contributed by atoms with Crippen molar-refractivity contribution in [1.82, 2.24) is 19.8 Å². The molecule has 1 saturated heterocycles. The number of nitrogens with zero attached hydrogens (tertiary/aromatic N) is 4. The molecule has 1 aliphatic rings. The maximum Gasteiger partial charge on any atom is 0.255 e. The van der Waals surface area contributed by atoms with Crippen molar-refractivity contribution in [3.8, 4) is 0 Å². The standard InChI is InChI=1S/C15H24N4O2/c1-5-13-16-8-12(9-17-13)10-19-6-7-21-15(2,11-19)14(20)18(3)4/h8-9H,5-7,10-11H2,1-4H3. The van der Waals surface area contributed by atoms with Crippen molar-refractivity contribution >= 4 is 5.91 Å². The van der Waals surface area contributed by atoms with Crippen LogP contribution in [-0.4, -0.2) is 65.1 Å². The van der Waals surface area contributed by atoms with E-state index in [-0.39, 0.29) is 5.91 Å². The van der Waals surface area contributed by atoms with Gasteiger partial charge in [-0.15, -0.1) is 0 Å². The second-order valence-electron chi connectivity index (χ2n) is 5.85. The fraction of sp³-hybridized carbons (Fsp3) is 0.667. The number of hydrogen-bond acceptors (Lipinski definition) is 5. The van der Waals surface area contributed by atoms with Crippen LogP contribution in [0, 0.1) is 0 Å². The van der Waals surface area contributed by atoms with Gasteiger partial charge in [0.25, 0.3) is 5.91 Å². The highest BCUT2D eigenvalue weighted by atomic mass is 16.5. The fourth-order valence-electron chi connectivity index (χ4n) is 2.59. The minimum Gasteiger partial charge on any atom is -0.363 e. The highest BCUT2D eigenvalue weighted by molar-refractivity contribution is 5.84. The third kappa shape index (κ3) is 3.77. The molecule has 0 aliphatic carbocycles. The van der Waals surface area contributed by atoms with E-state index < -0.39 is 5.60 Å². The van der Waals surface area contributed by atoms with Crippen LogP contribution in [0.3, 0.4) is 0 Å². The van der Waals surface area contributed by atoms with Gasteiger partial charge in [0, 0.05) is 58.1 Å². The lowest BCUT2D eigenvalue weighted by molar-refractivity contribution is -0.165. The molecular weight excluding hydrogens is 268 g/mol. The van der Waals surface area contributed by atoms with Crippen LogP contribution in [0.15, 0.2) is 12.4 Å². The third-order valence-corrected chi connectivity index (χ3v) is 3.69. The molecule has 1 amide bonds. The second kappa shape index (κ2) is 6.49. The molecule has 1 aromatic rings. The molecule has 1 aliphatic heterocycles. The molecule has 2 heterocycles. The number of morpholine rings is 1. The van der Waals surface area contributed by atoms with E-state index in [0.29, 0.717) is 13.2 Å². The van der Waals surface area contributed by atoms with Gasteiger partial charge in [-0.1, -0.05) is 6.92 Å². The number of carbonyl (C=O) groups is 1. The Morgan fingerprint density at radius 3 is 2.67 bits per heavy atom. The Kier molecular flexibility index (Phi) is 4.90. The van der Waals surface area contributed by atoms with Gasteiger partial charge in [-0.3, -0.25) is 9.69 Å². The van der Waals surface area contributed by atoms with E-state index in [9.17, 15) is 4.79 Å². The summed E-state index contributed by atoms with van der Waals surface area (Å²) in [5.74, 6) is 0.859. The predicted molar refractivity (Wildman–Crippen MR) is 79.7 cm³/mol. The minimum absolute atomic E-state index is 0.00443. The topological polar surface area (TPSA) is 58.6 Å². The SMILES string of the molecule is CCc1ncc(CN2CCOC(C)(C(=O)N(C)C)C2)cn1. The summed E-state index contributed by atoms with van der Waals surface area (Å²) in [6.07, 6.45) is 4.58. The van der Waals surface area contributed by atoms with Gasteiger partial charge in [0.2, 0.25) is 0 Å². The Labute approximate surface area is 126 Å². The Morgan fingerprint density at radius 1 is 1.43 bits per heavy atom. The van der Waals surface area contributed by atoms with Gasteiger partial charge < -0.3 is 9.64 Å². The lowest BCUT2D eigenvalue weighted by Crippen LogP contribution is -2.57.